The molecule has 0 aliphatic rings. The van der Waals surface area contributed by atoms with Crippen molar-refractivity contribution in [1.82, 2.24) is 0 Å². The summed E-state index contributed by atoms with van der Waals surface area (Å²) in [6, 6.07) is 0. The fourth-order valence-corrected chi connectivity index (χ4v) is 6.03. The Labute approximate surface area is 132 Å². The molecule has 8 heteroatoms. The molecule has 0 N–H and O–H groups in total. The van der Waals surface area contributed by atoms with Gasteiger partial charge in [0.1, 0.15) is 0 Å². The van der Waals surface area contributed by atoms with Crippen molar-refractivity contribution in [2.24, 2.45) is 0 Å². The zero-order valence-electron chi connectivity index (χ0n) is 14.8. The highest BCUT2D eigenvalue weighted by atomic mass is 28.5. The highest BCUT2D eigenvalue weighted by Gasteiger charge is 2.50. The lowest BCUT2D eigenvalue weighted by atomic mass is 10.5. The molecule has 0 rings (SSSR count). The van der Waals surface area contributed by atoms with Crippen molar-refractivity contribution in [2.75, 3.05) is 7.11 Å². The standard InChI is InChI=1S/C13H32O6Si2/c1-10(2)15-20(16-11(3)4)19-21(14-9,17-12(5)6)18-13(7)8/h10-13,20H,1-9H3. The Morgan fingerprint density at radius 2 is 1.05 bits per heavy atom. The summed E-state index contributed by atoms with van der Waals surface area (Å²) in [4.78, 5) is 0. The Bertz CT molecular complexity index is 253. The minimum Gasteiger partial charge on any atom is -0.374 e. The Hall–Kier alpha value is 0.194. The van der Waals surface area contributed by atoms with E-state index in [0.717, 1.165) is 0 Å². The van der Waals surface area contributed by atoms with E-state index in [1.54, 1.807) is 0 Å². The van der Waals surface area contributed by atoms with E-state index in [1.807, 2.05) is 55.4 Å². The molecule has 6 nitrogen and oxygen atoms in total. The molecule has 0 saturated heterocycles. The molecule has 21 heavy (non-hydrogen) atoms. The number of rotatable bonds is 11. The van der Waals surface area contributed by atoms with E-state index in [0.29, 0.717) is 0 Å². The fraction of sp³-hybridized carbons (Fsp3) is 1.00. The highest BCUT2D eigenvalue weighted by molar-refractivity contribution is 6.62. The van der Waals surface area contributed by atoms with Crippen LogP contribution in [0.5, 0.6) is 0 Å². The molecule has 0 radical (unpaired) electrons. The molecular formula is C13H32O6Si2. The lowest BCUT2D eigenvalue weighted by Crippen LogP contribution is -2.56. The second kappa shape index (κ2) is 10.1. The minimum absolute atomic E-state index is 0.00192. The van der Waals surface area contributed by atoms with Crippen molar-refractivity contribution in [2.45, 2.75) is 79.8 Å². The van der Waals surface area contributed by atoms with Gasteiger partial charge >= 0.3 is 18.6 Å². The molecule has 0 aliphatic carbocycles. The average molecular weight is 341 g/mol. The zero-order valence-corrected chi connectivity index (χ0v) is 17.0. The van der Waals surface area contributed by atoms with Gasteiger partial charge in [-0.3, -0.25) is 0 Å². The Morgan fingerprint density at radius 3 is 1.29 bits per heavy atom. The van der Waals surface area contributed by atoms with Crippen LogP contribution in [0.3, 0.4) is 0 Å². The molecule has 0 unspecified atom stereocenters. The van der Waals surface area contributed by atoms with Gasteiger partial charge in [0, 0.05) is 31.5 Å². The summed E-state index contributed by atoms with van der Waals surface area (Å²) in [6.45, 7) is 15.4. The van der Waals surface area contributed by atoms with Crippen molar-refractivity contribution in [3.63, 3.8) is 0 Å². The Balaban J connectivity index is 5.07. The second-order valence-electron chi connectivity index (χ2n) is 5.81. The van der Waals surface area contributed by atoms with Crippen LogP contribution in [-0.4, -0.2) is 50.1 Å². The predicted molar refractivity (Wildman–Crippen MR) is 85.9 cm³/mol. The molecule has 128 valence electrons. The van der Waals surface area contributed by atoms with E-state index in [9.17, 15) is 0 Å². The molecule has 0 amide bonds. The van der Waals surface area contributed by atoms with Crippen LogP contribution in [0.4, 0.5) is 0 Å². The highest BCUT2D eigenvalue weighted by Crippen LogP contribution is 2.19. The maximum Gasteiger partial charge on any atom is 0.672 e. The molecular weight excluding hydrogens is 308 g/mol. The van der Waals surface area contributed by atoms with Crippen LogP contribution >= 0.6 is 0 Å². The number of hydrogen-bond acceptors (Lipinski definition) is 6. The third kappa shape index (κ3) is 9.74. The van der Waals surface area contributed by atoms with Crippen LogP contribution < -0.4 is 0 Å². The van der Waals surface area contributed by atoms with Gasteiger partial charge in [-0.15, -0.1) is 0 Å². The van der Waals surface area contributed by atoms with Crippen LogP contribution in [0.25, 0.3) is 0 Å². The summed E-state index contributed by atoms with van der Waals surface area (Å²) in [7, 11) is -4.17. The molecule has 0 aromatic rings. The van der Waals surface area contributed by atoms with Gasteiger partial charge < -0.3 is 26.2 Å². The molecule has 0 spiro atoms. The monoisotopic (exact) mass is 340 g/mol. The summed E-state index contributed by atoms with van der Waals surface area (Å²) in [5.74, 6) is 0. The SMILES string of the molecule is CO[Si](OC(C)C)(OC(C)C)O[SiH](OC(C)C)OC(C)C. The summed E-state index contributed by atoms with van der Waals surface area (Å²) >= 11 is 0. The van der Waals surface area contributed by atoms with Crippen LogP contribution in [0.15, 0.2) is 0 Å². The summed E-state index contributed by atoms with van der Waals surface area (Å²) < 4.78 is 34.7. The quantitative estimate of drug-likeness (QED) is 0.539. The second-order valence-corrected chi connectivity index (χ2v) is 9.76. The molecule has 0 atom stereocenters. The van der Waals surface area contributed by atoms with E-state index in [1.165, 1.54) is 7.11 Å². The first-order valence-corrected chi connectivity index (χ1v) is 10.5. The first kappa shape index (κ1) is 21.2. The van der Waals surface area contributed by atoms with Gasteiger partial charge in [0.2, 0.25) is 0 Å². The van der Waals surface area contributed by atoms with Crippen LogP contribution in [0.1, 0.15) is 55.4 Å². The molecule has 0 saturated carbocycles. The van der Waals surface area contributed by atoms with Crippen LogP contribution in [0.2, 0.25) is 0 Å². The number of hydrogen-bond donors (Lipinski definition) is 0. The van der Waals surface area contributed by atoms with Crippen molar-refractivity contribution in [1.29, 1.82) is 0 Å². The summed E-state index contributed by atoms with van der Waals surface area (Å²) in [6.07, 6.45) is -0.157. The third-order valence-electron chi connectivity index (χ3n) is 2.02. The topological polar surface area (TPSA) is 55.4 Å². The maximum absolute atomic E-state index is 6.00. The smallest absolute Gasteiger partial charge is 0.374 e. The first-order chi connectivity index (χ1) is 9.60. The zero-order chi connectivity index (χ0) is 16.6. The van der Waals surface area contributed by atoms with Crippen molar-refractivity contribution >= 4 is 18.6 Å². The summed E-state index contributed by atoms with van der Waals surface area (Å²) in [5, 5.41) is 0. The molecule has 0 heterocycles. The van der Waals surface area contributed by atoms with Crippen molar-refractivity contribution in [3.05, 3.63) is 0 Å². The van der Waals surface area contributed by atoms with Crippen LogP contribution in [0, 0.1) is 0 Å². The molecule has 0 bridgehead atoms. The van der Waals surface area contributed by atoms with Gasteiger partial charge in [0.05, 0.1) is 0 Å². The van der Waals surface area contributed by atoms with E-state index in [4.69, 9.17) is 26.2 Å². The van der Waals surface area contributed by atoms with E-state index in [2.05, 4.69) is 0 Å². The van der Waals surface area contributed by atoms with E-state index >= 15 is 0 Å². The van der Waals surface area contributed by atoms with Gasteiger partial charge in [-0.2, -0.15) is 0 Å². The van der Waals surface area contributed by atoms with Gasteiger partial charge in [-0.05, 0) is 55.4 Å². The van der Waals surface area contributed by atoms with Crippen LogP contribution in [-0.2, 0) is 26.2 Å². The van der Waals surface area contributed by atoms with E-state index < -0.39 is 18.6 Å². The maximum atomic E-state index is 6.00. The molecule has 0 aromatic heterocycles. The van der Waals surface area contributed by atoms with Gasteiger partial charge in [0.15, 0.2) is 0 Å². The largest absolute Gasteiger partial charge is 0.672 e. The fourth-order valence-electron chi connectivity index (χ4n) is 1.45. The molecule has 0 aromatic carbocycles. The van der Waals surface area contributed by atoms with E-state index in [-0.39, 0.29) is 24.4 Å². The summed E-state index contributed by atoms with van der Waals surface area (Å²) in [5.41, 5.74) is 0. The minimum atomic E-state index is -3.28. The van der Waals surface area contributed by atoms with Gasteiger partial charge in [-0.25, -0.2) is 0 Å². The average Bonchev–Trinajstić information content (AvgIpc) is 2.24. The Kier molecular flexibility index (Phi) is 10.2. The lowest BCUT2D eigenvalue weighted by molar-refractivity contribution is -0.0438. The Morgan fingerprint density at radius 1 is 0.667 bits per heavy atom. The normalized spacial score (nSPS) is 13.4. The third-order valence-corrected chi connectivity index (χ3v) is 7.49. The van der Waals surface area contributed by atoms with Gasteiger partial charge in [0.25, 0.3) is 0 Å². The van der Waals surface area contributed by atoms with Gasteiger partial charge in [-0.1, -0.05) is 0 Å². The van der Waals surface area contributed by atoms with Crippen molar-refractivity contribution in [3.8, 4) is 0 Å². The molecule has 0 fully saturated rings. The predicted octanol–water partition coefficient (Wildman–Crippen LogP) is 2.50. The lowest BCUT2D eigenvalue weighted by Gasteiger charge is -2.33. The molecule has 0 aliphatic heterocycles. The van der Waals surface area contributed by atoms with Crippen molar-refractivity contribution < 1.29 is 26.2 Å². The first-order valence-electron chi connectivity index (χ1n) is 7.49.